The van der Waals surface area contributed by atoms with Crippen molar-refractivity contribution >= 4 is 23.5 Å². The van der Waals surface area contributed by atoms with E-state index in [2.05, 4.69) is 9.47 Å². The van der Waals surface area contributed by atoms with E-state index in [1.165, 1.54) is 14.2 Å². The van der Waals surface area contributed by atoms with Gasteiger partial charge in [0, 0.05) is 36.3 Å². The van der Waals surface area contributed by atoms with Crippen LogP contribution in [0.5, 0.6) is 0 Å². The topological polar surface area (TPSA) is 86.7 Å². The summed E-state index contributed by atoms with van der Waals surface area (Å²) in [6, 6.07) is 14.9. The average Bonchev–Trinajstić information content (AvgIpc) is 3.41. The molecule has 164 valence electrons. The second-order valence-electron chi connectivity index (χ2n) is 6.02. The quantitative estimate of drug-likeness (QED) is 0.240. The fraction of sp³-hybridized carbons (Fsp3) is 0.364. The Bertz CT molecular complexity index is 679. The van der Waals surface area contributed by atoms with Crippen LogP contribution in [0.25, 0.3) is 0 Å². The molecule has 0 heterocycles. The van der Waals surface area contributed by atoms with E-state index in [0.717, 1.165) is 0 Å². The zero-order valence-corrected chi connectivity index (χ0v) is 17.8. The van der Waals surface area contributed by atoms with E-state index in [4.69, 9.17) is 0 Å². The molecule has 0 aliphatic rings. The van der Waals surface area contributed by atoms with Gasteiger partial charge in [-0.2, -0.15) is 12.1 Å². The molecule has 2 rings (SSSR count). The Morgan fingerprint density at radius 1 is 0.828 bits per heavy atom. The standard InChI is InChI=1S/C17H21O6.C5H5.Fe/c1-22-16(20)10-4-8-14(18)12-6-3-7-13(12)15(19)9-5-11-17(21)23-2;1-2-4-5-3-1;/h3,6-7H,4-5,8-11H2,1-2H3;1-5H;/q-1;-5;. The van der Waals surface area contributed by atoms with Crippen LogP contribution in [-0.4, -0.2) is 37.7 Å². The number of esters is 2. The minimum absolute atomic E-state index is 0. The van der Waals surface area contributed by atoms with Crippen LogP contribution in [0.3, 0.4) is 0 Å². The normalized spacial score (nSPS) is 9.45. The summed E-state index contributed by atoms with van der Waals surface area (Å²) < 4.78 is 9.03. The predicted octanol–water partition coefficient (Wildman–Crippen LogP) is 3.86. The Kier molecular flexibility index (Phi) is 14.1. The van der Waals surface area contributed by atoms with E-state index in [1.54, 1.807) is 18.2 Å². The van der Waals surface area contributed by atoms with Crippen LogP contribution in [0.4, 0.5) is 0 Å². The predicted molar refractivity (Wildman–Crippen MR) is 104 cm³/mol. The maximum absolute atomic E-state index is 12.2. The van der Waals surface area contributed by atoms with Crippen LogP contribution in [0.15, 0.2) is 48.5 Å². The maximum atomic E-state index is 12.2. The molecule has 2 aromatic rings. The van der Waals surface area contributed by atoms with Crippen molar-refractivity contribution in [1.29, 1.82) is 0 Å². The van der Waals surface area contributed by atoms with Gasteiger partial charge in [-0.15, -0.1) is 11.6 Å². The van der Waals surface area contributed by atoms with Crippen LogP contribution in [-0.2, 0) is 36.1 Å². The Balaban J connectivity index is 0.00000113. The SMILES string of the molecule is COC(=O)CCCC(=O)c1ccc[c-]1C(=O)CCCC(=O)OC.[Fe].[cH-]1[cH-][cH-][cH-][cH-]1. The monoisotopic (exact) mass is 442 g/mol. The molecule has 0 N–H and O–H groups in total. The van der Waals surface area contributed by atoms with Crippen LogP contribution >= 0.6 is 0 Å². The molecule has 0 saturated heterocycles. The van der Waals surface area contributed by atoms with E-state index >= 15 is 0 Å². The molecular formula is C22H26FeO6-6. The molecule has 0 atom stereocenters. The van der Waals surface area contributed by atoms with Crippen molar-refractivity contribution in [3.63, 3.8) is 0 Å². The summed E-state index contributed by atoms with van der Waals surface area (Å²) >= 11 is 0. The van der Waals surface area contributed by atoms with Gasteiger partial charge in [0.1, 0.15) is 5.78 Å². The third-order valence-electron chi connectivity index (χ3n) is 4.00. The number of hydrogen-bond donors (Lipinski definition) is 0. The number of methoxy groups -OCH3 is 2. The molecular weight excluding hydrogens is 416 g/mol. The van der Waals surface area contributed by atoms with Gasteiger partial charge in [-0.3, -0.25) is 9.59 Å². The largest absolute Gasteiger partial charge is 0.748 e. The van der Waals surface area contributed by atoms with Gasteiger partial charge >= 0.3 is 11.9 Å². The molecule has 0 fully saturated rings. The Morgan fingerprint density at radius 3 is 1.79 bits per heavy atom. The summed E-state index contributed by atoms with van der Waals surface area (Å²) in [5.41, 5.74) is 0.746. The first-order chi connectivity index (χ1) is 13.5. The van der Waals surface area contributed by atoms with Gasteiger partial charge in [-0.05, 0) is 19.3 Å². The molecule has 29 heavy (non-hydrogen) atoms. The van der Waals surface area contributed by atoms with Crippen molar-refractivity contribution in [2.45, 2.75) is 38.5 Å². The zero-order valence-electron chi connectivity index (χ0n) is 16.7. The number of carbonyl (C=O) groups excluding carboxylic acids is 4. The summed E-state index contributed by atoms with van der Waals surface area (Å²) in [7, 11) is 2.60. The molecule has 0 spiro atoms. The fourth-order valence-corrected chi connectivity index (χ4v) is 2.49. The second kappa shape index (κ2) is 15.4. The van der Waals surface area contributed by atoms with Gasteiger partial charge in [0.2, 0.25) is 0 Å². The van der Waals surface area contributed by atoms with Gasteiger partial charge in [0.15, 0.2) is 0 Å². The van der Waals surface area contributed by atoms with Gasteiger partial charge in [0.25, 0.3) is 0 Å². The van der Waals surface area contributed by atoms with Crippen molar-refractivity contribution in [2.75, 3.05) is 14.2 Å². The summed E-state index contributed by atoms with van der Waals surface area (Å²) in [6.45, 7) is 0. The first kappa shape index (κ1) is 26.5. The van der Waals surface area contributed by atoms with E-state index < -0.39 is 0 Å². The third kappa shape index (κ3) is 10.6. The average molecular weight is 442 g/mol. The van der Waals surface area contributed by atoms with E-state index in [9.17, 15) is 19.2 Å². The number of carbonyl (C=O) groups is 4. The molecule has 0 aliphatic heterocycles. The summed E-state index contributed by atoms with van der Waals surface area (Å²) in [6.07, 6.45) is 1.47. The van der Waals surface area contributed by atoms with Gasteiger partial charge < -0.3 is 49.4 Å². The van der Waals surface area contributed by atoms with Gasteiger partial charge in [-0.25, -0.2) is 0 Å². The van der Waals surface area contributed by atoms with Crippen molar-refractivity contribution < 1.29 is 45.7 Å². The van der Waals surface area contributed by atoms with Gasteiger partial charge in [0.05, 0.1) is 20.0 Å². The smallest absolute Gasteiger partial charge is 0.305 e. The van der Waals surface area contributed by atoms with E-state index in [0.29, 0.717) is 24.0 Å². The van der Waals surface area contributed by atoms with Crippen LogP contribution in [0.1, 0.15) is 59.2 Å². The Hall–Kier alpha value is -2.50. The fourth-order valence-electron chi connectivity index (χ4n) is 2.49. The van der Waals surface area contributed by atoms with E-state index in [1.807, 2.05) is 30.3 Å². The van der Waals surface area contributed by atoms with E-state index in [-0.39, 0.29) is 66.3 Å². The number of Topliss-reactive ketones (excluding diaryl/α,β-unsaturated/α-hetero) is 2. The molecule has 0 amide bonds. The first-order valence-electron chi connectivity index (χ1n) is 9.12. The third-order valence-corrected chi connectivity index (χ3v) is 4.00. The van der Waals surface area contributed by atoms with Crippen molar-refractivity contribution in [3.05, 3.63) is 59.7 Å². The Morgan fingerprint density at radius 2 is 1.31 bits per heavy atom. The molecule has 0 saturated carbocycles. The van der Waals surface area contributed by atoms with Crippen molar-refractivity contribution in [1.82, 2.24) is 0 Å². The number of ketones is 2. The molecule has 2 aromatic carbocycles. The molecule has 0 radical (unpaired) electrons. The molecule has 0 aliphatic carbocycles. The Labute approximate surface area is 181 Å². The van der Waals surface area contributed by atoms with Gasteiger partial charge in [-0.1, -0.05) is 5.56 Å². The van der Waals surface area contributed by atoms with Crippen LogP contribution in [0, 0.1) is 0 Å². The van der Waals surface area contributed by atoms with Crippen LogP contribution in [0.2, 0.25) is 0 Å². The molecule has 0 bridgehead atoms. The summed E-state index contributed by atoms with van der Waals surface area (Å²) in [4.78, 5) is 46.4. The minimum Gasteiger partial charge on any atom is -0.748 e. The van der Waals surface area contributed by atoms with Crippen molar-refractivity contribution in [3.8, 4) is 0 Å². The second-order valence-corrected chi connectivity index (χ2v) is 6.02. The molecule has 0 aromatic heterocycles. The first-order valence-corrected chi connectivity index (χ1v) is 9.12. The number of ether oxygens (including phenoxy) is 2. The summed E-state index contributed by atoms with van der Waals surface area (Å²) in [5.74, 6) is -1.07. The number of hydrogen-bond acceptors (Lipinski definition) is 6. The zero-order chi connectivity index (χ0) is 20.8. The van der Waals surface area contributed by atoms with Crippen LogP contribution < -0.4 is 0 Å². The molecule has 6 nitrogen and oxygen atoms in total. The van der Waals surface area contributed by atoms with Crippen molar-refractivity contribution in [2.24, 2.45) is 0 Å². The molecule has 7 heteroatoms. The summed E-state index contributed by atoms with van der Waals surface area (Å²) in [5, 5.41) is 0. The maximum Gasteiger partial charge on any atom is 0.305 e. The minimum atomic E-state index is -0.362. The number of rotatable bonds is 10. The molecule has 0 unspecified atom stereocenters.